The zero-order valence-corrected chi connectivity index (χ0v) is 9.83. The Bertz CT molecular complexity index is 336. The third kappa shape index (κ3) is 3.25. The van der Waals surface area contributed by atoms with E-state index in [1.54, 1.807) is 11.8 Å². The van der Waals surface area contributed by atoms with E-state index in [0.717, 1.165) is 23.6 Å². The van der Waals surface area contributed by atoms with Gasteiger partial charge in [0.05, 0.1) is 0 Å². The lowest BCUT2D eigenvalue weighted by Crippen LogP contribution is -2.44. The number of thioether (sulfide) groups is 1. The van der Waals surface area contributed by atoms with Gasteiger partial charge in [-0.25, -0.2) is 0 Å². The molecule has 2 rings (SSSR count). The van der Waals surface area contributed by atoms with E-state index in [2.05, 4.69) is 5.32 Å². The summed E-state index contributed by atoms with van der Waals surface area (Å²) < 4.78 is 5.25. The van der Waals surface area contributed by atoms with Gasteiger partial charge in [0, 0.05) is 18.1 Å². The van der Waals surface area contributed by atoms with Crippen LogP contribution in [0.1, 0.15) is 5.56 Å². The summed E-state index contributed by atoms with van der Waals surface area (Å²) in [5, 5.41) is 3.16. The smallest absolute Gasteiger partial charge is 0.324 e. The monoisotopic (exact) mass is 237 g/mol. The van der Waals surface area contributed by atoms with Crippen molar-refractivity contribution in [3.8, 4) is 0 Å². The molecule has 16 heavy (non-hydrogen) atoms. The lowest BCUT2D eigenvalue weighted by atomic mass is 10.2. The van der Waals surface area contributed by atoms with Crippen molar-refractivity contribution < 1.29 is 9.53 Å². The summed E-state index contributed by atoms with van der Waals surface area (Å²) in [5.74, 6) is 1.74. The molecule has 0 aromatic heterocycles. The molecule has 4 heteroatoms. The Morgan fingerprint density at radius 2 is 2.25 bits per heavy atom. The Kier molecular flexibility index (Phi) is 4.25. The van der Waals surface area contributed by atoms with Gasteiger partial charge in [0.25, 0.3) is 0 Å². The number of rotatable bonds is 3. The summed E-state index contributed by atoms with van der Waals surface area (Å²) in [7, 11) is 0. The first kappa shape index (κ1) is 11.5. The summed E-state index contributed by atoms with van der Waals surface area (Å²) in [5.41, 5.74) is 1.03. The van der Waals surface area contributed by atoms with E-state index in [1.165, 1.54) is 0 Å². The van der Waals surface area contributed by atoms with Gasteiger partial charge in [0.2, 0.25) is 0 Å². The van der Waals surface area contributed by atoms with Crippen molar-refractivity contribution in [1.82, 2.24) is 5.32 Å². The number of nitrogens with one attached hydrogen (secondary N) is 1. The minimum atomic E-state index is -0.143. The summed E-state index contributed by atoms with van der Waals surface area (Å²) >= 11 is 1.79. The molecule has 1 aliphatic heterocycles. The number of carbonyl (C=O) groups is 1. The van der Waals surface area contributed by atoms with Crippen LogP contribution in [0.3, 0.4) is 0 Å². The molecule has 1 N–H and O–H groups in total. The maximum absolute atomic E-state index is 11.7. The first-order chi connectivity index (χ1) is 7.86. The van der Waals surface area contributed by atoms with Crippen LogP contribution in [0, 0.1) is 0 Å². The summed E-state index contributed by atoms with van der Waals surface area (Å²) in [6.45, 7) is 1.25. The van der Waals surface area contributed by atoms with Gasteiger partial charge < -0.3 is 10.1 Å². The fourth-order valence-electron chi connectivity index (χ4n) is 1.55. The Hall–Kier alpha value is -1.00. The molecule has 1 atom stereocenters. The quantitative estimate of drug-likeness (QED) is 0.807. The highest BCUT2D eigenvalue weighted by molar-refractivity contribution is 7.99. The van der Waals surface area contributed by atoms with E-state index in [-0.39, 0.29) is 12.0 Å². The fourth-order valence-corrected chi connectivity index (χ4v) is 2.46. The second-order valence-electron chi connectivity index (χ2n) is 3.67. The lowest BCUT2D eigenvalue weighted by Gasteiger charge is -2.21. The largest absolute Gasteiger partial charge is 0.460 e. The maximum Gasteiger partial charge on any atom is 0.324 e. The topological polar surface area (TPSA) is 38.3 Å². The normalized spacial score (nSPS) is 20.4. The Morgan fingerprint density at radius 1 is 1.44 bits per heavy atom. The molecule has 86 valence electrons. The fraction of sp³-hybridized carbons (Fsp3) is 0.417. The van der Waals surface area contributed by atoms with Gasteiger partial charge >= 0.3 is 5.97 Å². The van der Waals surface area contributed by atoms with Gasteiger partial charge in [0.1, 0.15) is 12.6 Å². The molecule has 1 aromatic rings. The molecule has 0 aliphatic carbocycles. The van der Waals surface area contributed by atoms with Crippen LogP contribution in [-0.2, 0) is 16.1 Å². The maximum atomic E-state index is 11.7. The van der Waals surface area contributed by atoms with E-state index in [1.807, 2.05) is 30.3 Å². The highest BCUT2D eigenvalue weighted by Gasteiger charge is 2.22. The average Bonchev–Trinajstić information content (AvgIpc) is 2.38. The van der Waals surface area contributed by atoms with Crippen molar-refractivity contribution in [2.45, 2.75) is 12.6 Å². The average molecular weight is 237 g/mol. The zero-order valence-electron chi connectivity index (χ0n) is 9.02. The zero-order chi connectivity index (χ0) is 11.2. The number of ether oxygens (including phenoxy) is 1. The number of hydrogen-bond acceptors (Lipinski definition) is 4. The van der Waals surface area contributed by atoms with Crippen molar-refractivity contribution in [3.63, 3.8) is 0 Å². The highest BCUT2D eigenvalue weighted by Crippen LogP contribution is 2.10. The Labute approximate surface area is 99.6 Å². The summed E-state index contributed by atoms with van der Waals surface area (Å²) in [4.78, 5) is 11.7. The van der Waals surface area contributed by atoms with E-state index in [9.17, 15) is 4.79 Å². The van der Waals surface area contributed by atoms with Gasteiger partial charge in [0.15, 0.2) is 0 Å². The second kappa shape index (κ2) is 5.92. The van der Waals surface area contributed by atoms with Gasteiger partial charge in [-0.2, -0.15) is 11.8 Å². The van der Waals surface area contributed by atoms with Gasteiger partial charge in [-0.3, -0.25) is 4.79 Å². The molecule has 0 amide bonds. The van der Waals surface area contributed by atoms with E-state index < -0.39 is 0 Å². The Morgan fingerprint density at radius 3 is 2.94 bits per heavy atom. The number of carbonyl (C=O) groups excluding carboxylic acids is 1. The molecule has 0 bridgehead atoms. The molecule has 0 radical (unpaired) electrons. The first-order valence-corrected chi connectivity index (χ1v) is 6.53. The highest BCUT2D eigenvalue weighted by atomic mass is 32.2. The molecular formula is C12H15NO2S. The van der Waals surface area contributed by atoms with Crippen LogP contribution < -0.4 is 5.32 Å². The van der Waals surface area contributed by atoms with Crippen LogP contribution in [0.25, 0.3) is 0 Å². The van der Waals surface area contributed by atoms with Crippen molar-refractivity contribution in [1.29, 1.82) is 0 Å². The molecule has 1 saturated heterocycles. The molecule has 0 saturated carbocycles. The number of hydrogen-bond donors (Lipinski definition) is 1. The van der Waals surface area contributed by atoms with Crippen molar-refractivity contribution in [2.24, 2.45) is 0 Å². The molecular weight excluding hydrogens is 222 g/mol. The molecule has 1 fully saturated rings. The number of esters is 1. The van der Waals surface area contributed by atoms with Gasteiger partial charge in [-0.05, 0) is 5.56 Å². The molecule has 0 unspecified atom stereocenters. The lowest BCUT2D eigenvalue weighted by molar-refractivity contribution is -0.146. The number of benzene rings is 1. The third-order valence-electron chi connectivity index (χ3n) is 2.43. The summed E-state index contributed by atoms with van der Waals surface area (Å²) in [6.07, 6.45) is 0. The van der Waals surface area contributed by atoms with Crippen molar-refractivity contribution >= 4 is 17.7 Å². The first-order valence-electron chi connectivity index (χ1n) is 5.38. The van der Waals surface area contributed by atoms with Crippen LogP contribution in [0.15, 0.2) is 30.3 Å². The van der Waals surface area contributed by atoms with Gasteiger partial charge in [-0.15, -0.1) is 0 Å². The van der Waals surface area contributed by atoms with E-state index in [0.29, 0.717) is 6.61 Å². The Balaban J connectivity index is 1.79. The molecule has 0 spiro atoms. The van der Waals surface area contributed by atoms with Gasteiger partial charge in [-0.1, -0.05) is 30.3 Å². The SMILES string of the molecule is O=C(OCc1ccccc1)[C@@H]1CSCCN1. The minimum Gasteiger partial charge on any atom is -0.460 e. The molecule has 1 aliphatic rings. The van der Waals surface area contributed by atoms with Crippen LogP contribution in [0.2, 0.25) is 0 Å². The minimum absolute atomic E-state index is 0.137. The van der Waals surface area contributed by atoms with Crippen LogP contribution in [-0.4, -0.2) is 30.1 Å². The van der Waals surface area contributed by atoms with E-state index >= 15 is 0 Å². The molecule has 3 nitrogen and oxygen atoms in total. The predicted octanol–water partition coefficient (Wildman–Crippen LogP) is 1.43. The third-order valence-corrected chi connectivity index (χ3v) is 3.49. The van der Waals surface area contributed by atoms with E-state index in [4.69, 9.17) is 4.74 Å². The standard InChI is InChI=1S/C12H15NO2S/c14-12(11-9-16-7-6-13-11)15-8-10-4-2-1-3-5-10/h1-5,11,13H,6-9H2/t11-/m0/s1. The van der Waals surface area contributed by atoms with Crippen LogP contribution in [0.4, 0.5) is 0 Å². The molecule has 1 aromatic carbocycles. The second-order valence-corrected chi connectivity index (χ2v) is 4.82. The van der Waals surface area contributed by atoms with Crippen LogP contribution >= 0.6 is 11.8 Å². The summed E-state index contributed by atoms with van der Waals surface area (Å²) in [6, 6.07) is 9.61. The predicted molar refractivity (Wildman–Crippen MR) is 65.4 cm³/mol. The molecule has 1 heterocycles. The van der Waals surface area contributed by atoms with Crippen LogP contribution in [0.5, 0.6) is 0 Å². The van der Waals surface area contributed by atoms with Crippen molar-refractivity contribution in [2.75, 3.05) is 18.1 Å². The van der Waals surface area contributed by atoms with Crippen molar-refractivity contribution in [3.05, 3.63) is 35.9 Å².